The van der Waals surface area contributed by atoms with Gasteiger partial charge in [-0.3, -0.25) is 9.69 Å². The number of carbonyl (C=O) groups is 1. The molecule has 0 bridgehead atoms. The Balaban J connectivity index is 1.40. The van der Waals surface area contributed by atoms with Crippen LogP contribution in [0.4, 0.5) is 5.00 Å². The number of likely N-dealkylation sites (N-methyl/N-ethyl adjacent to an activating group) is 1. The van der Waals surface area contributed by atoms with Crippen LogP contribution in [0.15, 0.2) is 18.2 Å². The summed E-state index contributed by atoms with van der Waals surface area (Å²) in [5.74, 6) is 1.42. The van der Waals surface area contributed by atoms with Crippen molar-refractivity contribution < 1.29 is 14.3 Å². The van der Waals surface area contributed by atoms with Gasteiger partial charge in [-0.2, -0.15) is 5.26 Å². The van der Waals surface area contributed by atoms with Crippen molar-refractivity contribution in [1.82, 2.24) is 4.90 Å². The van der Waals surface area contributed by atoms with Gasteiger partial charge in [0.2, 0.25) is 12.7 Å². The molecule has 1 aliphatic carbocycles. The average Bonchev–Trinajstić information content (AvgIpc) is 3.36. The first-order chi connectivity index (χ1) is 13.2. The summed E-state index contributed by atoms with van der Waals surface area (Å²) < 4.78 is 10.8. The molecule has 0 atom stereocenters. The van der Waals surface area contributed by atoms with E-state index in [2.05, 4.69) is 16.3 Å². The summed E-state index contributed by atoms with van der Waals surface area (Å²) in [6.45, 7) is 3.95. The molecule has 0 unspecified atom stereocenters. The van der Waals surface area contributed by atoms with E-state index in [9.17, 15) is 10.1 Å². The Morgan fingerprint density at radius 1 is 1.33 bits per heavy atom. The van der Waals surface area contributed by atoms with Crippen LogP contribution in [0.5, 0.6) is 11.5 Å². The number of hydrogen-bond acceptors (Lipinski definition) is 6. The van der Waals surface area contributed by atoms with Crippen molar-refractivity contribution in [2.45, 2.75) is 32.7 Å². The van der Waals surface area contributed by atoms with Gasteiger partial charge in [0.15, 0.2) is 11.5 Å². The Bertz CT molecular complexity index is 916. The smallest absolute Gasteiger partial charge is 0.239 e. The molecule has 1 aliphatic heterocycles. The second-order valence-corrected chi connectivity index (χ2v) is 7.82. The van der Waals surface area contributed by atoms with Crippen molar-refractivity contribution in [3.05, 3.63) is 39.8 Å². The third kappa shape index (κ3) is 3.64. The number of amides is 1. The minimum absolute atomic E-state index is 0.0889. The van der Waals surface area contributed by atoms with Crippen LogP contribution in [0.25, 0.3) is 0 Å². The summed E-state index contributed by atoms with van der Waals surface area (Å²) in [6.07, 6.45) is 3.05. The van der Waals surface area contributed by atoms with Gasteiger partial charge in [-0.05, 0) is 49.1 Å². The average molecular weight is 383 g/mol. The lowest BCUT2D eigenvalue weighted by molar-refractivity contribution is -0.117. The van der Waals surface area contributed by atoms with Crippen LogP contribution in [0.3, 0.4) is 0 Å². The molecule has 140 valence electrons. The van der Waals surface area contributed by atoms with Crippen molar-refractivity contribution in [2.24, 2.45) is 0 Å². The normalized spacial score (nSPS) is 14.3. The maximum absolute atomic E-state index is 12.6. The first-order valence-corrected chi connectivity index (χ1v) is 9.95. The number of nitrogens with zero attached hydrogens (tertiary/aromatic N) is 2. The monoisotopic (exact) mass is 383 g/mol. The number of nitrogens with one attached hydrogen (secondary N) is 1. The molecule has 2 aliphatic rings. The Hall–Kier alpha value is -2.56. The number of anilines is 1. The third-order valence-electron chi connectivity index (χ3n) is 4.94. The SMILES string of the molecule is CCN(CC(=O)Nc1sc2c(c1C#N)CCC2)Cc1ccc2c(c1)OCO2. The molecule has 2 heterocycles. The standard InChI is InChI=1S/C20H21N3O3S/c1-2-23(10-13-6-7-16-17(8-13)26-12-25-16)11-19(24)22-20-15(9-21)14-4-3-5-18(14)27-20/h6-8H,2-5,10-12H2,1H3,(H,22,24). The van der Waals surface area contributed by atoms with Gasteiger partial charge in [-0.15, -0.1) is 11.3 Å². The summed E-state index contributed by atoms with van der Waals surface area (Å²) in [4.78, 5) is 15.9. The first kappa shape index (κ1) is 17.8. The first-order valence-electron chi connectivity index (χ1n) is 9.13. The van der Waals surface area contributed by atoms with Crippen LogP contribution >= 0.6 is 11.3 Å². The fourth-order valence-corrected chi connectivity index (χ4v) is 4.81. The lowest BCUT2D eigenvalue weighted by Crippen LogP contribution is -2.32. The number of carbonyl (C=O) groups excluding carboxylic acids is 1. The minimum Gasteiger partial charge on any atom is -0.454 e. The van der Waals surface area contributed by atoms with E-state index >= 15 is 0 Å². The van der Waals surface area contributed by atoms with E-state index in [1.807, 2.05) is 25.1 Å². The molecular weight excluding hydrogens is 362 g/mol. The molecule has 0 fully saturated rings. The highest BCUT2D eigenvalue weighted by Gasteiger charge is 2.23. The summed E-state index contributed by atoms with van der Waals surface area (Å²) in [5, 5.41) is 13.1. The third-order valence-corrected chi connectivity index (χ3v) is 6.15. The van der Waals surface area contributed by atoms with Gasteiger partial charge >= 0.3 is 0 Å². The zero-order valence-electron chi connectivity index (χ0n) is 15.2. The number of ether oxygens (including phenoxy) is 2. The highest BCUT2D eigenvalue weighted by atomic mass is 32.1. The summed E-state index contributed by atoms with van der Waals surface area (Å²) in [5.41, 5.74) is 2.85. The highest BCUT2D eigenvalue weighted by molar-refractivity contribution is 7.16. The van der Waals surface area contributed by atoms with Crippen molar-refractivity contribution in [3.63, 3.8) is 0 Å². The number of rotatable bonds is 6. The molecule has 27 heavy (non-hydrogen) atoms. The quantitative estimate of drug-likeness (QED) is 0.828. The largest absolute Gasteiger partial charge is 0.454 e. The molecule has 1 N–H and O–H groups in total. The molecule has 1 aromatic carbocycles. The summed E-state index contributed by atoms with van der Waals surface area (Å²) in [6, 6.07) is 8.12. The van der Waals surface area contributed by atoms with Gasteiger partial charge in [0, 0.05) is 11.4 Å². The van der Waals surface area contributed by atoms with E-state index in [4.69, 9.17) is 9.47 Å². The van der Waals surface area contributed by atoms with Gasteiger partial charge in [-0.25, -0.2) is 0 Å². The number of nitriles is 1. The number of hydrogen-bond donors (Lipinski definition) is 1. The zero-order valence-corrected chi connectivity index (χ0v) is 16.0. The second-order valence-electron chi connectivity index (χ2n) is 6.71. The predicted octanol–water partition coefficient (Wildman–Crippen LogP) is 3.30. The Labute approximate surface area is 162 Å². The number of fused-ring (bicyclic) bond motifs is 2. The zero-order chi connectivity index (χ0) is 18.8. The Morgan fingerprint density at radius 3 is 3.00 bits per heavy atom. The van der Waals surface area contributed by atoms with Crippen molar-refractivity contribution in [3.8, 4) is 17.6 Å². The van der Waals surface area contributed by atoms with Gasteiger partial charge in [-0.1, -0.05) is 13.0 Å². The Morgan fingerprint density at radius 2 is 2.19 bits per heavy atom. The molecule has 6 nitrogen and oxygen atoms in total. The second kappa shape index (κ2) is 7.59. The maximum atomic E-state index is 12.6. The van der Waals surface area contributed by atoms with Crippen molar-refractivity contribution >= 4 is 22.2 Å². The molecule has 7 heteroatoms. The van der Waals surface area contributed by atoms with Gasteiger partial charge < -0.3 is 14.8 Å². The van der Waals surface area contributed by atoms with Gasteiger partial charge in [0.25, 0.3) is 0 Å². The van der Waals surface area contributed by atoms with E-state index in [0.29, 0.717) is 17.1 Å². The molecule has 4 rings (SSSR count). The highest BCUT2D eigenvalue weighted by Crippen LogP contribution is 2.38. The van der Waals surface area contributed by atoms with Crippen LogP contribution in [-0.4, -0.2) is 30.7 Å². The lowest BCUT2D eigenvalue weighted by Gasteiger charge is -2.20. The molecule has 0 saturated carbocycles. The fraction of sp³-hybridized carbons (Fsp3) is 0.400. The van der Waals surface area contributed by atoms with E-state index in [1.54, 1.807) is 11.3 Å². The topological polar surface area (TPSA) is 74.6 Å². The van der Waals surface area contributed by atoms with Crippen LogP contribution in [0.1, 0.15) is 34.9 Å². The van der Waals surface area contributed by atoms with E-state index in [0.717, 1.165) is 48.4 Å². The molecule has 2 aromatic rings. The number of aryl methyl sites for hydroxylation is 1. The Kier molecular flexibility index (Phi) is 5.01. The molecule has 0 spiro atoms. The lowest BCUT2D eigenvalue weighted by atomic mass is 10.1. The number of thiophene rings is 1. The van der Waals surface area contributed by atoms with E-state index in [-0.39, 0.29) is 19.2 Å². The van der Waals surface area contributed by atoms with Crippen molar-refractivity contribution in [1.29, 1.82) is 5.26 Å². The van der Waals surface area contributed by atoms with Gasteiger partial charge in [0.05, 0.1) is 12.1 Å². The minimum atomic E-state index is -0.0889. The van der Waals surface area contributed by atoms with Crippen LogP contribution in [0.2, 0.25) is 0 Å². The van der Waals surface area contributed by atoms with Crippen LogP contribution in [0, 0.1) is 11.3 Å². The summed E-state index contributed by atoms with van der Waals surface area (Å²) >= 11 is 1.55. The summed E-state index contributed by atoms with van der Waals surface area (Å²) in [7, 11) is 0. The molecule has 1 aromatic heterocycles. The molecule has 0 saturated heterocycles. The van der Waals surface area contributed by atoms with Crippen molar-refractivity contribution in [2.75, 3.05) is 25.2 Å². The molecule has 0 radical (unpaired) electrons. The molecule has 1 amide bonds. The molecular formula is C20H21N3O3S. The maximum Gasteiger partial charge on any atom is 0.239 e. The van der Waals surface area contributed by atoms with E-state index in [1.165, 1.54) is 4.88 Å². The van der Waals surface area contributed by atoms with Crippen LogP contribution < -0.4 is 14.8 Å². The predicted molar refractivity (Wildman–Crippen MR) is 103 cm³/mol. The van der Waals surface area contributed by atoms with Crippen LogP contribution in [-0.2, 0) is 24.2 Å². The number of benzene rings is 1. The van der Waals surface area contributed by atoms with E-state index < -0.39 is 0 Å². The van der Waals surface area contributed by atoms with Gasteiger partial charge in [0.1, 0.15) is 11.1 Å². The fourth-order valence-electron chi connectivity index (χ4n) is 3.56.